The molecule has 0 aliphatic carbocycles. The summed E-state index contributed by atoms with van der Waals surface area (Å²) in [6, 6.07) is 122. The molecule has 8 nitrogen and oxygen atoms in total. The molecule has 1 aliphatic heterocycles. The largest absolute Gasteiger partial charge is 0.494 e. The van der Waals surface area contributed by atoms with Crippen LogP contribution in [0.1, 0.15) is 54.0 Å². The molecule has 1 fully saturated rings. The van der Waals surface area contributed by atoms with Gasteiger partial charge in [-0.1, -0.05) is 282 Å². The van der Waals surface area contributed by atoms with Gasteiger partial charge in [0.05, 0.1) is 33.6 Å². The molecule has 110 heavy (non-hydrogen) atoms. The standard InChI is InChI=1S/C101H79BN6O2/c1-99(2,3)79-56-57-103-93(64-79)75-46-53-86(90(62-75)68-30-15-10-16-31-68)84-40-19-17-38-82(84)71-34-25-35-72(60-71)83-39-18-20-41-85(83)87-52-45-74(61-91(87)73-44-54-89-88-42-21-22-43-94(88)108(95(89)63-73)81-50-48-80(49-51-81)102-109-100(4,5)101(6,7)110-102)92-55-47-78(65-104-92)98-106-96(76-36-23-32-69(58-76)66-26-11-8-12-27-66)105-97(107-98)77-37-24-33-70(59-77)67-28-13-9-14-29-67/h8-65H,1-7H3. The van der Waals surface area contributed by atoms with Crippen molar-refractivity contribution in [3.63, 3.8) is 0 Å². The maximum atomic E-state index is 6.55. The number of hydrogen-bond donors (Lipinski definition) is 0. The first-order chi connectivity index (χ1) is 53.6. The molecule has 0 unspecified atom stereocenters. The van der Waals surface area contributed by atoms with Crippen LogP contribution in [0.15, 0.2) is 352 Å². The van der Waals surface area contributed by atoms with Crippen LogP contribution < -0.4 is 5.46 Å². The molecule has 0 radical (unpaired) electrons. The monoisotopic (exact) mass is 1420 g/mol. The lowest BCUT2D eigenvalue weighted by molar-refractivity contribution is 0.00578. The summed E-state index contributed by atoms with van der Waals surface area (Å²) in [5.41, 5.74) is 28.5. The molecule has 0 atom stereocenters. The van der Waals surface area contributed by atoms with E-state index in [4.69, 9.17) is 34.2 Å². The minimum atomic E-state index is -0.485. The molecular formula is C101H79BN6O2. The second-order valence-corrected chi connectivity index (χ2v) is 30.6. The lowest BCUT2D eigenvalue weighted by atomic mass is 9.79. The molecule has 5 heterocycles. The van der Waals surface area contributed by atoms with Crippen molar-refractivity contribution in [3.05, 3.63) is 358 Å². The predicted octanol–water partition coefficient (Wildman–Crippen LogP) is 25.0. The Bertz CT molecular complexity index is 6210. The van der Waals surface area contributed by atoms with Gasteiger partial charge in [-0.15, -0.1) is 0 Å². The Kier molecular flexibility index (Phi) is 17.7. The fraction of sp³-hybridized carbons (Fsp3) is 0.0990. The first kappa shape index (κ1) is 68.7. The van der Waals surface area contributed by atoms with E-state index in [9.17, 15) is 0 Å². The highest BCUT2D eigenvalue weighted by Crippen LogP contribution is 2.46. The average Bonchev–Trinajstić information content (AvgIpc) is 1.55. The maximum absolute atomic E-state index is 6.55. The molecule has 1 aliphatic rings. The van der Waals surface area contributed by atoms with E-state index >= 15 is 0 Å². The van der Waals surface area contributed by atoms with Crippen LogP contribution in [0.3, 0.4) is 0 Å². The highest BCUT2D eigenvalue weighted by Gasteiger charge is 2.51. The third kappa shape index (κ3) is 13.2. The Morgan fingerprint density at radius 2 is 0.718 bits per heavy atom. The van der Waals surface area contributed by atoms with E-state index < -0.39 is 18.3 Å². The molecular weight excluding hydrogens is 1340 g/mol. The molecule has 0 N–H and O–H groups in total. The summed E-state index contributed by atoms with van der Waals surface area (Å²) in [7, 11) is -0.485. The first-order valence-electron chi connectivity index (χ1n) is 37.8. The van der Waals surface area contributed by atoms with Crippen LogP contribution >= 0.6 is 0 Å². The highest BCUT2D eigenvalue weighted by molar-refractivity contribution is 6.62. The minimum absolute atomic E-state index is 0.0207. The number of pyridine rings is 2. The van der Waals surface area contributed by atoms with Crippen molar-refractivity contribution >= 4 is 34.4 Å². The van der Waals surface area contributed by atoms with Crippen LogP contribution in [-0.2, 0) is 14.7 Å². The number of hydrogen-bond acceptors (Lipinski definition) is 7. The zero-order valence-electron chi connectivity index (χ0n) is 62.6. The molecule has 0 amide bonds. The molecule has 13 aromatic carbocycles. The quantitative estimate of drug-likeness (QED) is 0.0945. The van der Waals surface area contributed by atoms with Crippen molar-refractivity contribution < 1.29 is 9.31 Å². The van der Waals surface area contributed by atoms with Gasteiger partial charge in [-0.3, -0.25) is 9.97 Å². The molecule has 17 aromatic rings. The van der Waals surface area contributed by atoms with Crippen LogP contribution in [-0.4, -0.2) is 47.8 Å². The summed E-state index contributed by atoms with van der Waals surface area (Å²) in [5, 5.41) is 2.32. The summed E-state index contributed by atoms with van der Waals surface area (Å²) in [6.45, 7) is 15.1. The van der Waals surface area contributed by atoms with Gasteiger partial charge in [0.25, 0.3) is 0 Å². The number of rotatable bonds is 15. The normalized spacial score (nSPS) is 13.3. The fourth-order valence-corrected chi connectivity index (χ4v) is 15.4. The zero-order valence-corrected chi connectivity index (χ0v) is 62.6. The van der Waals surface area contributed by atoms with Crippen LogP contribution in [0, 0.1) is 0 Å². The van der Waals surface area contributed by atoms with Gasteiger partial charge < -0.3 is 13.9 Å². The van der Waals surface area contributed by atoms with Crippen LogP contribution in [0.2, 0.25) is 0 Å². The second kappa shape index (κ2) is 28.3. The minimum Gasteiger partial charge on any atom is -0.399 e. The topological polar surface area (TPSA) is 87.8 Å². The Labute approximate surface area is 643 Å². The molecule has 4 aromatic heterocycles. The van der Waals surface area contributed by atoms with E-state index in [1.807, 2.05) is 24.5 Å². The van der Waals surface area contributed by atoms with Gasteiger partial charge in [-0.2, -0.15) is 0 Å². The van der Waals surface area contributed by atoms with Crippen molar-refractivity contribution in [3.8, 4) is 151 Å². The molecule has 0 saturated carbocycles. The van der Waals surface area contributed by atoms with Gasteiger partial charge in [-0.25, -0.2) is 15.0 Å². The number of benzene rings is 13. The Morgan fingerprint density at radius 1 is 0.291 bits per heavy atom. The van der Waals surface area contributed by atoms with Gasteiger partial charge in [0.2, 0.25) is 0 Å². The lowest BCUT2D eigenvalue weighted by Crippen LogP contribution is -2.41. The Morgan fingerprint density at radius 3 is 1.27 bits per heavy atom. The molecule has 528 valence electrons. The van der Waals surface area contributed by atoms with Crippen LogP contribution in [0.4, 0.5) is 0 Å². The highest BCUT2D eigenvalue weighted by atomic mass is 16.7. The van der Waals surface area contributed by atoms with Crippen LogP contribution in [0.5, 0.6) is 0 Å². The van der Waals surface area contributed by atoms with Crippen molar-refractivity contribution in [2.24, 2.45) is 0 Å². The van der Waals surface area contributed by atoms with Gasteiger partial charge in [0.1, 0.15) is 0 Å². The predicted molar refractivity (Wildman–Crippen MR) is 455 cm³/mol. The SMILES string of the molecule is CC(C)(C)c1ccnc(-c2ccc(-c3ccccc3-c3cccc(-c4ccccc4-c4ccc(-c5ccc(-c6nc(-c7cccc(-c8ccccc8)c7)nc(-c7cccc(-c8ccccc8)c7)n6)cn5)cc4-c4ccc5c6ccccc6n(-c6ccc(B7OC(C)(C)C(C)(C)O7)cc6)c5c4)c3)c(-c3ccccc3)c2)c1. The average molecular weight is 1420 g/mol. The third-order valence-electron chi connectivity index (χ3n) is 22.0. The van der Waals surface area contributed by atoms with E-state index in [1.54, 1.807) is 0 Å². The summed E-state index contributed by atoms with van der Waals surface area (Å²) < 4.78 is 15.5. The van der Waals surface area contributed by atoms with Gasteiger partial charge >= 0.3 is 7.12 Å². The number of fused-ring (bicyclic) bond motifs is 3. The van der Waals surface area contributed by atoms with Gasteiger partial charge in [-0.05, 0) is 212 Å². The van der Waals surface area contributed by atoms with Crippen molar-refractivity contribution in [2.45, 2.75) is 65.1 Å². The smallest absolute Gasteiger partial charge is 0.399 e. The van der Waals surface area contributed by atoms with E-state index in [2.05, 4.69) is 381 Å². The Hall–Kier alpha value is -13.0. The van der Waals surface area contributed by atoms with E-state index in [0.29, 0.717) is 17.5 Å². The second-order valence-electron chi connectivity index (χ2n) is 30.6. The van der Waals surface area contributed by atoms with E-state index in [-0.39, 0.29) is 5.41 Å². The third-order valence-corrected chi connectivity index (χ3v) is 22.0. The van der Waals surface area contributed by atoms with Crippen molar-refractivity contribution in [1.82, 2.24) is 29.5 Å². The van der Waals surface area contributed by atoms with Crippen LogP contribution in [0.25, 0.3) is 173 Å². The molecule has 9 heteroatoms. The molecule has 18 rings (SSSR count). The van der Waals surface area contributed by atoms with Gasteiger partial charge in [0, 0.05) is 56.7 Å². The van der Waals surface area contributed by atoms with Crippen molar-refractivity contribution in [1.29, 1.82) is 0 Å². The van der Waals surface area contributed by atoms with E-state index in [1.165, 1.54) is 10.9 Å². The molecule has 0 spiro atoms. The first-order valence-corrected chi connectivity index (χ1v) is 37.8. The molecule has 1 saturated heterocycles. The fourth-order valence-electron chi connectivity index (χ4n) is 15.4. The summed E-state index contributed by atoms with van der Waals surface area (Å²) in [6.07, 6.45) is 3.84. The zero-order chi connectivity index (χ0) is 74.7. The number of aromatic nitrogens is 6. The maximum Gasteiger partial charge on any atom is 0.494 e. The van der Waals surface area contributed by atoms with Crippen molar-refractivity contribution in [2.75, 3.05) is 0 Å². The summed E-state index contributed by atoms with van der Waals surface area (Å²) in [4.78, 5) is 26.0. The van der Waals surface area contributed by atoms with E-state index in [0.717, 1.165) is 156 Å². The lowest BCUT2D eigenvalue weighted by Gasteiger charge is -2.32. The number of para-hydroxylation sites is 1. The summed E-state index contributed by atoms with van der Waals surface area (Å²) in [5.74, 6) is 1.66. The summed E-state index contributed by atoms with van der Waals surface area (Å²) >= 11 is 0. The number of nitrogens with zero attached hydrogens (tertiary/aromatic N) is 6. The Balaban J connectivity index is 0.762. The molecule has 0 bridgehead atoms. The van der Waals surface area contributed by atoms with Gasteiger partial charge in [0.15, 0.2) is 17.5 Å².